The number of carbonyl (C=O) groups is 1. The molecule has 1 aromatic rings. The SMILES string of the molecule is CN=C(NCCNC(=O)OC(C)(C)C)NCC(C)Oc1cccc(F)c1. The number of halogens is 1. The van der Waals surface area contributed by atoms with E-state index in [1.54, 1.807) is 19.2 Å². The van der Waals surface area contributed by atoms with Gasteiger partial charge in [0.25, 0.3) is 0 Å². The molecule has 0 radical (unpaired) electrons. The summed E-state index contributed by atoms with van der Waals surface area (Å²) in [6, 6.07) is 6.01. The van der Waals surface area contributed by atoms with Gasteiger partial charge in [-0.2, -0.15) is 0 Å². The fraction of sp³-hybridized carbons (Fsp3) is 0.556. The quantitative estimate of drug-likeness (QED) is 0.391. The Kier molecular flexibility index (Phi) is 8.67. The first-order valence-corrected chi connectivity index (χ1v) is 8.53. The van der Waals surface area contributed by atoms with Crippen LogP contribution < -0.4 is 20.7 Å². The fourth-order valence-electron chi connectivity index (χ4n) is 1.93. The number of ether oxygens (including phenoxy) is 2. The molecule has 26 heavy (non-hydrogen) atoms. The van der Waals surface area contributed by atoms with E-state index in [0.717, 1.165) is 0 Å². The molecule has 0 fully saturated rings. The molecule has 0 aliphatic carbocycles. The number of guanidine groups is 1. The van der Waals surface area contributed by atoms with Gasteiger partial charge in [0, 0.05) is 26.2 Å². The van der Waals surface area contributed by atoms with Gasteiger partial charge in [-0.25, -0.2) is 9.18 Å². The average Bonchev–Trinajstić information content (AvgIpc) is 2.52. The Labute approximate surface area is 154 Å². The van der Waals surface area contributed by atoms with Crippen LogP contribution in [-0.4, -0.2) is 50.4 Å². The molecule has 0 aliphatic rings. The summed E-state index contributed by atoms with van der Waals surface area (Å²) >= 11 is 0. The predicted octanol–water partition coefficient (Wildman–Crippen LogP) is 2.28. The Bertz CT molecular complexity index is 602. The normalized spacial score (nSPS) is 12.9. The standard InChI is InChI=1S/C18H29FN4O3/c1-13(25-15-8-6-7-14(19)11-15)12-23-16(20-5)21-9-10-22-17(24)26-18(2,3)4/h6-8,11,13H,9-10,12H2,1-5H3,(H,22,24)(H2,20,21,23). The maximum absolute atomic E-state index is 13.1. The molecule has 146 valence electrons. The molecule has 1 amide bonds. The number of benzene rings is 1. The van der Waals surface area contributed by atoms with E-state index < -0.39 is 11.7 Å². The first kappa shape index (κ1) is 21.5. The Morgan fingerprint density at radius 3 is 2.54 bits per heavy atom. The monoisotopic (exact) mass is 368 g/mol. The maximum Gasteiger partial charge on any atom is 0.407 e. The van der Waals surface area contributed by atoms with Crippen molar-refractivity contribution in [3.63, 3.8) is 0 Å². The fourth-order valence-corrected chi connectivity index (χ4v) is 1.93. The number of alkyl carbamates (subject to hydrolysis) is 1. The van der Waals surface area contributed by atoms with Crippen molar-refractivity contribution in [3.8, 4) is 5.75 Å². The van der Waals surface area contributed by atoms with Crippen LogP contribution in [0, 0.1) is 5.82 Å². The summed E-state index contributed by atoms with van der Waals surface area (Å²) < 4.78 is 23.9. The minimum atomic E-state index is -0.521. The van der Waals surface area contributed by atoms with Crippen LogP contribution in [0.3, 0.4) is 0 Å². The van der Waals surface area contributed by atoms with Gasteiger partial charge < -0.3 is 25.4 Å². The lowest BCUT2D eigenvalue weighted by atomic mass is 10.2. The summed E-state index contributed by atoms with van der Waals surface area (Å²) in [5, 5.41) is 8.83. The van der Waals surface area contributed by atoms with Crippen LogP contribution in [0.4, 0.5) is 9.18 Å². The smallest absolute Gasteiger partial charge is 0.407 e. The van der Waals surface area contributed by atoms with Crippen molar-refractivity contribution >= 4 is 12.1 Å². The number of amides is 1. The lowest BCUT2D eigenvalue weighted by Gasteiger charge is -2.20. The highest BCUT2D eigenvalue weighted by Gasteiger charge is 2.15. The second-order valence-electron chi connectivity index (χ2n) is 6.69. The van der Waals surface area contributed by atoms with Gasteiger partial charge >= 0.3 is 6.09 Å². The molecule has 0 saturated heterocycles. The molecule has 1 aromatic carbocycles. The molecule has 0 aromatic heterocycles. The van der Waals surface area contributed by atoms with E-state index in [9.17, 15) is 9.18 Å². The summed E-state index contributed by atoms with van der Waals surface area (Å²) in [6.07, 6.45) is -0.644. The molecule has 0 heterocycles. The van der Waals surface area contributed by atoms with Gasteiger partial charge in [-0.05, 0) is 39.8 Å². The van der Waals surface area contributed by atoms with E-state index in [-0.39, 0.29) is 11.9 Å². The van der Waals surface area contributed by atoms with Crippen LogP contribution in [0.15, 0.2) is 29.3 Å². The van der Waals surface area contributed by atoms with Crippen molar-refractivity contribution in [2.24, 2.45) is 4.99 Å². The van der Waals surface area contributed by atoms with Gasteiger partial charge in [0.2, 0.25) is 0 Å². The number of nitrogens with one attached hydrogen (secondary N) is 3. The van der Waals surface area contributed by atoms with Crippen LogP contribution in [-0.2, 0) is 4.74 Å². The van der Waals surface area contributed by atoms with Crippen LogP contribution in [0.25, 0.3) is 0 Å². The summed E-state index contributed by atoms with van der Waals surface area (Å²) in [6.45, 7) is 8.66. The van der Waals surface area contributed by atoms with Crippen LogP contribution >= 0.6 is 0 Å². The van der Waals surface area contributed by atoms with Crippen LogP contribution in [0.2, 0.25) is 0 Å². The highest BCUT2D eigenvalue weighted by molar-refractivity contribution is 5.79. The Morgan fingerprint density at radius 2 is 1.92 bits per heavy atom. The van der Waals surface area contributed by atoms with E-state index in [1.165, 1.54) is 12.1 Å². The van der Waals surface area contributed by atoms with Gasteiger partial charge in [0.1, 0.15) is 23.3 Å². The summed E-state index contributed by atoms with van der Waals surface area (Å²) in [7, 11) is 1.65. The summed E-state index contributed by atoms with van der Waals surface area (Å²) in [5.41, 5.74) is -0.521. The van der Waals surface area contributed by atoms with Gasteiger partial charge in [-0.3, -0.25) is 4.99 Å². The van der Waals surface area contributed by atoms with Crippen molar-refractivity contribution < 1.29 is 18.7 Å². The molecule has 8 heteroatoms. The molecule has 1 unspecified atom stereocenters. The van der Waals surface area contributed by atoms with E-state index in [1.807, 2.05) is 27.7 Å². The number of rotatable bonds is 7. The second-order valence-corrected chi connectivity index (χ2v) is 6.69. The maximum atomic E-state index is 13.1. The number of carbonyl (C=O) groups excluding carboxylic acids is 1. The topological polar surface area (TPSA) is 84.0 Å². The third-order valence-corrected chi connectivity index (χ3v) is 3.00. The molecule has 1 rings (SSSR count). The molecule has 0 saturated carbocycles. The average molecular weight is 368 g/mol. The summed E-state index contributed by atoms with van der Waals surface area (Å²) in [4.78, 5) is 15.6. The molecule has 1 atom stereocenters. The second kappa shape index (κ2) is 10.5. The lowest BCUT2D eigenvalue weighted by molar-refractivity contribution is 0.0529. The highest BCUT2D eigenvalue weighted by Crippen LogP contribution is 2.13. The molecular formula is C18H29FN4O3. The molecule has 0 aliphatic heterocycles. The van der Waals surface area contributed by atoms with Crippen LogP contribution in [0.1, 0.15) is 27.7 Å². The highest BCUT2D eigenvalue weighted by atomic mass is 19.1. The van der Waals surface area contributed by atoms with Crippen molar-refractivity contribution in [1.29, 1.82) is 0 Å². The molecular weight excluding hydrogens is 339 g/mol. The minimum Gasteiger partial charge on any atom is -0.489 e. The molecule has 0 spiro atoms. The van der Waals surface area contributed by atoms with Crippen molar-refractivity contribution in [2.45, 2.75) is 39.4 Å². The first-order valence-electron chi connectivity index (χ1n) is 8.53. The van der Waals surface area contributed by atoms with Crippen molar-refractivity contribution in [2.75, 3.05) is 26.7 Å². The number of nitrogens with zero attached hydrogens (tertiary/aromatic N) is 1. The van der Waals surface area contributed by atoms with Gasteiger partial charge in [-0.1, -0.05) is 6.07 Å². The number of hydrogen-bond acceptors (Lipinski definition) is 4. The van der Waals surface area contributed by atoms with E-state index in [4.69, 9.17) is 9.47 Å². The zero-order valence-corrected chi connectivity index (χ0v) is 16.1. The number of aliphatic imine (C=N–C) groups is 1. The Balaban J connectivity index is 2.25. The van der Waals surface area contributed by atoms with Gasteiger partial charge in [-0.15, -0.1) is 0 Å². The first-order chi connectivity index (χ1) is 12.2. The third-order valence-electron chi connectivity index (χ3n) is 3.00. The summed E-state index contributed by atoms with van der Waals surface area (Å²) in [5.74, 6) is 0.715. The molecule has 7 nitrogen and oxygen atoms in total. The van der Waals surface area contributed by atoms with E-state index in [2.05, 4.69) is 20.9 Å². The van der Waals surface area contributed by atoms with Crippen LogP contribution in [0.5, 0.6) is 5.75 Å². The minimum absolute atomic E-state index is 0.185. The van der Waals surface area contributed by atoms with Crippen molar-refractivity contribution in [1.82, 2.24) is 16.0 Å². The third kappa shape index (κ3) is 9.71. The van der Waals surface area contributed by atoms with E-state index >= 15 is 0 Å². The van der Waals surface area contributed by atoms with E-state index in [0.29, 0.717) is 31.3 Å². The van der Waals surface area contributed by atoms with Crippen molar-refractivity contribution in [3.05, 3.63) is 30.1 Å². The Hall–Kier alpha value is -2.51. The lowest BCUT2D eigenvalue weighted by Crippen LogP contribution is -2.44. The van der Waals surface area contributed by atoms with Gasteiger partial charge in [0.15, 0.2) is 5.96 Å². The molecule has 3 N–H and O–H groups in total. The largest absolute Gasteiger partial charge is 0.489 e. The zero-order chi connectivity index (χ0) is 19.6. The number of hydrogen-bond donors (Lipinski definition) is 3. The zero-order valence-electron chi connectivity index (χ0n) is 16.1. The Morgan fingerprint density at radius 1 is 1.23 bits per heavy atom. The predicted molar refractivity (Wildman–Crippen MR) is 100 cm³/mol. The van der Waals surface area contributed by atoms with Gasteiger partial charge in [0.05, 0.1) is 6.54 Å². The molecule has 0 bridgehead atoms.